The summed E-state index contributed by atoms with van der Waals surface area (Å²) in [6.07, 6.45) is 1.03. The van der Waals surface area contributed by atoms with E-state index < -0.39 is 0 Å². The molecule has 152 valence electrons. The zero-order chi connectivity index (χ0) is 19.3. The normalized spacial score (nSPS) is 20.6. The molecule has 1 aromatic carbocycles. The van der Waals surface area contributed by atoms with Gasteiger partial charge in [0.2, 0.25) is 5.91 Å². The van der Waals surface area contributed by atoms with Crippen molar-refractivity contribution in [1.82, 2.24) is 4.90 Å². The molecule has 2 rings (SSSR count). The van der Waals surface area contributed by atoms with Gasteiger partial charge in [-0.2, -0.15) is 0 Å². The summed E-state index contributed by atoms with van der Waals surface area (Å²) in [5.74, 6) is 0.870. The topological polar surface area (TPSA) is 84.7 Å². The maximum atomic E-state index is 12.9. The molecule has 1 saturated heterocycles. The minimum absolute atomic E-state index is 0. The number of halogens is 1. The molecule has 1 aromatic rings. The SMILES string of the molecule is COC(CN)CC(=O)Nc1cc(C(=O)N2CC(C)CC(C)C2)ccc1C.Cl. The molecule has 3 atom stereocenters. The Balaban J connectivity index is 0.00000364. The van der Waals surface area contributed by atoms with Gasteiger partial charge >= 0.3 is 0 Å². The van der Waals surface area contributed by atoms with Gasteiger partial charge in [0.05, 0.1) is 12.5 Å². The number of hydrogen-bond donors (Lipinski definition) is 2. The van der Waals surface area contributed by atoms with Crippen LogP contribution < -0.4 is 11.1 Å². The standard InChI is InChI=1S/C20H31N3O3.ClH/c1-13-7-14(2)12-23(11-13)20(25)16-6-5-15(3)18(8-16)22-19(24)9-17(10-21)26-4;/h5-6,8,13-14,17H,7,9-12,21H2,1-4H3,(H,22,24);1H. The average Bonchev–Trinajstić information content (AvgIpc) is 2.60. The van der Waals surface area contributed by atoms with Crippen molar-refractivity contribution < 1.29 is 14.3 Å². The molecule has 7 heteroatoms. The second kappa shape index (κ2) is 10.6. The van der Waals surface area contributed by atoms with Gasteiger partial charge < -0.3 is 20.7 Å². The average molecular weight is 398 g/mol. The van der Waals surface area contributed by atoms with Crippen LogP contribution in [0.1, 0.15) is 42.6 Å². The lowest BCUT2D eigenvalue weighted by Crippen LogP contribution is -2.42. The van der Waals surface area contributed by atoms with Crippen molar-refractivity contribution in [1.29, 1.82) is 0 Å². The van der Waals surface area contributed by atoms with Gasteiger partial charge in [0, 0.05) is 38.0 Å². The van der Waals surface area contributed by atoms with Gasteiger partial charge in [-0.05, 0) is 42.9 Å². The number of nitrogens with one attached hydrogen (secondary N) is 1. The quantitative estimate of drug-likeness (QED) is 0.772. The Hall–Kier alpha value is -1.63. The number of methoxy groups -OCH3 is 1. The Kier molecular flexibility index (Phi) is 9.22. The number of nitrogens with zero attached hydrogens (tertiary/aromatic N) is 1. The third-order valence-corrected chi connectivity index (χ3v) is 4.92. The lowest BCUT2D eigenvalue weighted by atomic mass is 9.91. The van der Waals surface area contributed by atoms with Crippen molar-refractivity contribution in [3.63, 3.8) is 0 Å². The second-order valence-corrected chi connectivity index (χ2v) is 7.53. The first-order chi connectivity index (χ1) is 12.3. The highest BCUT2D eigenvalue weighted by molar-refractivity contribution is 5.98. The number of rotatable bonds is 6. The number of carbonyl (C=O) groups is 2. The number of benzene rings is 1. The molecule has 3 unspecified atom stereocenters. The van der Waals surface area contributed by atoms with E-state index in [4.69, 9.17) is 10.5 Å². The van der Waals surface area contributed by atoms with Gasteiger partial charge in [0.1, 0.15) is 0 Å². The van der Waals surface area contributed by atoms with Crippen LogP contribution in [0.5, 0.6) is 0 Å². The number of nitrogens with two attached hydrogens (primary N) is 1. The Labute approximate surface area is 168 Å². The van der Waals surface area contributed by atoms with Gasteiger partial charge in [-0.3, -0.25) is 9.59 Å². The molecule has 0 radical (unpaired) electrons. The van der Waals surface area contributed by atoms with Crippen LogP contribution in [0, 0.1) is 18.8 Å². The van der Waals surface area contributed by atoms with Crippen molar-refractivity contribution >= 4 is 29.9 Å². The fraction of sp³-hybridized carbons (Fsp3) is 0.600. The molecule has 1 heterocycles. The van der Waals surface area contributed by atoms with Crippen LogP contribution in [-0.4, -0.2) is 49.6 Å². The summed E-state index contributed by atoms with van der Waals surface area (Å²) in [5, 5.41) is 2.88. The van der Waals surface area contributed by atoms with Crippen LogP contribution in [0.15, 0.2) is 18.2 Å². The Morgan fingerprint density at radius 1 is 1.30 bits per heavy atom. The summed E-state index contributed by atoms with van der Waals surface area (Å²) in [4.78, 5) is 27.0. The Morgan fingerprint density at radius 2 is 1.93 bits per heavy atom. The summed E-state index contributed by atoms with van der Waals surface area (Å²) in [7, 11) is 1.54. The van der Waals surface area contributed by atoms with Crippen molar-refractivity contribution in [2.45, 2.75) is 39.7 Å². The Bertz CT molecular complexity index is 639. The van der Waals surface area contributed by atoms with E-state index >= 15 is 0 Å². The molecule has 3 N–H and O–H groups in total. The van der Waals surface area contributed by atoms with Crippen LogP contribution in [0.3, 0.4) is 0 Å². The molecule has 0 aromatic heterocycles. The van der Waals surface area contributed by atoms with Crippen LogP contribution in [0.2, 0.25) is 0 Å². The van der Waals surface area contributed by atoms with E-state index in [2.05, 4.69) is 19.2 Å². The van der Waals surface area contributed by atoms with Crippen molar-refractivity contribution in [2.24, 2.45) is 17.6 Å². The minimum Gasteiger partial charge on any atom is -0.380 e. The third kappa shape index (κ3) is 6.48. The first-order valence-corrected chi connectivity index (χ1v) is 9.26. The van der Waals surface area contributed by atoms with Gasteiger partial charge in [-0.25, -0.2) is 0 Å². The molecule has 1 aliphatic heterocycles. The Morgan fingerprint density at radius 3 is 2.48 bits per heavy atom. The number of hydrogen-bond acceptors (Lipinski definition) is 4. The van der Waals surface area contributed by atoms with E-state index in [0.29, 0.717) is 23.1 Å². The molecule has 27 heavy (non-hydrogen) atoms. The lowest BCUT2D eigenvalue weighted by molar-refractivity contribution is -0.118. The monoisotopic (exact) mass is 397 g/mol. The maximum absolute atomic E-state index is 12.9. The largest absolute Gasteiger partial charge is 0.380 e. The van der Waals surface area contributed by atoms with E-state index in [0.717, 1.165) is 25.1 Å². The lowest BCUT2D eigenvalue weighted by Gasteiger charge is -2.35. The fourth-order valence-electron chi connectivity index (χ4n) is 3.57. The summed E-state index contributed by atoms with van der Waals surface area (Å²) in [6.45, 7) is 8.12. The number of piperidine rings is 1. The number of likely N-dealkylation sites (tertiary alicyclic amines) is 1. The highest BCUT2D eigenvalue weighted by Crippen LogP contribution is 2.24. The minimum atomic E-state index is -0.309. The third-order valence-electron chi connectivity index (χ3n) is 4.92. The van der Waals surface area contributed by atoms with E-state index in [-0.39, 0.29) is 43.3 Å². The highest BCUT2D eigenvalue weighted by atomic mass is 35.5. The molecule has 0 bridgehead atoms. The number of aryl methyl sites for hydroxylation is 1. The molecule has 1 aliphatic rings. The fourth-order valence-corrected chi connectivity index (χ4v) is 3.57. The van der Waals surface area contributed by atoms with Gasteiger partial charge in [-0.15, -0.1) is 12.4 Å². The molecular weight excluding hydrogens is 366 g/mol. The molecule has 0 saturated carbocycles. The van der Waals surface area contributed by atoms with Crippen LogP contribution in [0.4, 0.5) is 5.69 Å². The van der Waals surface area contributed by atoms with Crippen LogP contribution in [0.25, 0.3) is 0 Å². The second-order valence-electron chi connectivity index (χ2n) is 7.53. The molecule has 0 spiro atoms. The van der Waals surface area contributed by atoms with Gasteiger partial charge in [0.15, 0.2) is 0 Å². The molecule has 6 nitrogen and oxygen atoms in total. The van der Waals surface area contributed by atoms with E-state index in [1.807, 2.05) is 24.0 Å². The molecule has 2 amide bonds. The summed E-state index contributed by atoms with van der Waals surface area (Å²) in [5.41, 5.74) is 7.75. The first kappa shape index (κ1) is 23.4. The zero-order valence-electron chi connectivity index (χ0n) is 16.7. The van der Waals surface area contributed by atoms with Gasteiger partial charge in [0.25, 0.3) is 5.91 Å². The number of amides is 2. The van der Waals surface area contributed by atoms with Crippen LogP contribution in [-0.2, 0) is 9.53 Å². The van der Waals surface area contributed by atoms with Gasteiger partial charge in [-0.1, -0.05) is 19.9 Å². The number of anilines is 1. The summed E-state index contributed by atoms with van der Waals surface area (Å²) >= 11 is 0. The first-order valence-electron chi connectivity index (χ1n) is 9.26. The van der Waals surface area contributed by atoms with Crippen molar-refractivity contribution in [2.75, 3.05) is 32.1 Å². The van der Waals surface area contributed by atoms with E-state index in [9.17, 15) is 9.59 Å². The molecular formula is C20H32ClN3O3. The van der Waals surface area contributed by atoms with Crippen LogP contribution >= 0.6 is 12.4 Å². The van der Waals surface area contributed by atoms with E-state index in [1.54, 1.807) is 6.07 Å². The molecule has 0 aliphatic carbocycles. The van der Waals surface area contributed by atoms with Crippen molar-refractivity contribution in [3.8, 4) is 0 Å². The number of ether oxygens (including phenoxy) is 1. The smallest absolute Gasteiger partial charge is 0.253 e. The molecule has 1 fully saturated rings. The predicted molar refractivity (Wildman–Crippen MR) is 110 cm³/mol. The zero-order valence-corrected chi connectivity index (χ0v) is 17.5. The highest BCUT2D eigenvalue weighted by Gasteiger charge is 2.26. The predicted octanol–water partition coefficient (Wildman–Crippen LogP) is 2.84. The summed E-state index contributed by atoms with van der Waals surface area (Å²) < 4.78 is 5.15. The van der Waals surface area contributed by atoms with Crippen molar-refractivity contribution in [3.05, 3.63) is 29.3 Å². The summed E-state index contributed by atoms with van der Waals surface area (Å²) in [6, 6.07) is 5.47. The number of carbonyl (C=O) groups excluding carboxylic acids is 2. The van der Waals surface area contributed by atoms with E-state index in [1.165, 1.54) is 7.11 Å². The maximum Gasteiger partial charge on any atom is 0.253 e.